The smallest absolute Gasteiger partial charge is 0.208 e. The van der Waals surface area contributed by atoms with Crippen molar-refractivity contribution >= 4 is 11.8 Å². The molecule has 12 heavy (non-hydrogen) atoms. The van der Waals surface area contributed by atoms with Gasteiger partial charge < -0.3 is 5.73 Å². The molecule has 2 N–H and O–H groups in total. The minimum Gasteiger partial charge on any atom is -0.320 e. The molecule has 1 aliphatic carbocycles. The number of thioether (sulfide) groups is 1. The summed E-state index contributed by atoms with van der Waals surface area (Å²) >= 11 is 1.48. The van der Waals surface area contributed by atoms with E-state index < -0.39 is 0 Å². The summed E-state index contributed by atoms with van der Waals surface area (Å²) in [5, 5.41) is 8.65. The van der Waals surface area contributed by atoms with Crippen molar-refractivity contribution in [2.75, 3.05) is 6.26 Å². The van der Waals surface area contributed by atoms with Crippen LogP contribution in [0.5, 0.6) is 0 Å². The predicted octanol–water partition coefficient (Wildman–Crippen LogP) is 0.541. The first kappa shape index (κ1) is 7.94. The van der Waals surface area contributed by atoms with Gasteiger partial charge in [0.1, 0.15) is 5.69 Å². The Balaban J connectivity index is 2.25. The third-order valence-electron chi connectivity index (χ3n) is 2.02. The lowest BCUT2D eigenvalue weighted by molar-refractivity contribution is 0.655. The van der Waals surface area contributed by atoms with E-state index in [2.05, 4.69) is 15.2 Å². The van der Waals surface area contributed by atoms with E-state index in [1.807, 2.05) is 6.26 Å². The summed E-state index contributed by atoms with van der Waals surface area (Å²) < 4.78 is 0. The highest BCUT2D eigenvalue weighted by molar-refractivity contribution is 7.98. The monoisotopic (exact) mass is 182 g/mol. The van der Waals surface area contributed by atoms with Crippen molar-refractivity contribution in [1.82, 2.24) is 15.2 Å². The molecule has 0 saturated heterocycles. The maximum absolute atomic E-state index is 5.91. The molecule has 1 aromatic rings. The number of nitrogens with two attached hydrogens (primary N) is 1. The van der Waals surface area contributed by atoms with Crippen molar-refractivity contribution in [3.8, 4) is 0 Å². The second-order valence-electron chi connectivity index (χ2n) is 2.99. The predicted molar refractivity (Wildman–Crippen MR) is 46.7 cm³/mol. The van der Waals surface area contributed by atoms with Crippen LogP contribution in [0.3, 0.4) is 0 Å². The molecule has 1 fully saturated rings. The van der Waals surface area contributed by atoms with Gasteiger partial charge in [0.2, 0.25) is 5.16 Å². The Labute approximate surface area is 75.0 Å². The first-order chi connectivity index (χ1) is 5.74. The molecule has 0 unspecified atom stereocenters. The Hall–Kier alpha value is -0.680. The molecular weight excluding hydrogens is 172 g/mol. The van der Waals surface area contributed by atoms with E-state index in [0.717, 1.165) is 18.5 Å². The molecule has 4 nitrogen and oxygen atoms in total. The Morgan fingerprint density at radius 2 is 2.25 bits per heavy atom. The molecule has 0 bridgehead atoms. The quantitative estimate of drug-likeness (QED) is 0.676. The molecule has 0 amide bonds. The molecule has 5 heteroatoms. The fraction of sp³-hybridized carbons (Fsp3) is 0.571. The Kier molecular flexibility index (Phi) is 1.77. The van der Waals surface area contributed by atoms with Gasteiger partial charge in [-0.3, -0.25) is 0 Å². The summed E-state index contributed by atoms with van der Waals surface area (Å²) in [4.78, 5) is 4.11. The zero-order chi connectivity index (χ0) is 8.60. The minimum absolute atomic E-state index is 0.211. The average Bonchev–Trinajstić information content (AvgIpc) is 2.85. The topological polar surface area (TPSA) is 64.7 Å². The van der Waals surface area contributed by atoms with Gasteiger partial charge in [0, 0.05) is 0 Å². The van der Waals surface area contributed by atoms with Crippen LogP contribution in [0.4, 0.5) is 0 Å². The standard InChI is InChI=1S/C7H10N4S/c1-12-6-9-4-5(10-11-6)7(8)2-3-7/h4H,2-3,8H2,1H3. The molecule has 0 aliphatic heterocycles. The molecule has 1 aliphatic rings. The molecule has 1 aromatic heterocycles. The van der Waals surface area contributed by atoms with Crippen LogP contribution < -0.4 is 5.73 Å². The molecule has 0 atom stereocenters. The summed E-state index contributed by atoms with van der Waals surface area (Å²) in [6.07, 6.45) is 5.65. The van der Waals surface area contributed by atoms with E-state index in [9.17, 15) is 0 Å². The Morgan fingerprint density at radius 1 is 1.50 bits per heavy atom. The summed E-state index contributed by atoms with van der Waals surface area (Å²) in [6.45, 7) is 0. The molecule has 2 rings (SSSR count). The molecule has 0 spiro atoms. The van der Waals surface area contributed by atoms with E-state index in [-0.39, 0.29) is 5.54 Å². The number of hydrogen-bond acceptors (Lipinski definition) is 5. The van der Waals surface area contributed by atoms with Crippen molar-refractivity contribution < 1.29 is 0 Å². The molecule has 0 aromatic carbocycles. The maximum atomic E-state index is 5.91. The van der Waals surface area contributed by atoms with Gasteiger partial charge in [-0.05, 0) is 19.1 Å². The van der Waals surface area contributed by atoms with Crippen molar-refractivity contribution in [2.45, 2.75) is 23.5 Å². The van der Waals surface area contributed by atoms with Crippen LogP contribution in [0, 0.1) is 0 Å². The van der Waals surface area contributed by atoms with E-state index in [1.165, 1.54) is 11.8 Å². The second kappa shape index (κ2) is 2.67. The van der Waals surface area contributed by atoms with Crippen molar-refractivity contribution in [3.63, 3.8) is 0 Å². The fourth-order valence-electron chi connectivity index (χ4n) is 0.977. The summed E-state index contributed by atoms with van der Waals surface area (Å²) in [7, 11) is 0. The van der Waals surface area contributed by atoms with Gasteiger partial charge in [0.25, 0.3) is 0 Å². The zero-order valence-electron chi connectivity index (χ0n) is 6.82. The summed E-state index contributed by atoms with van der Waals surface area (Å²) in [6, 6.07) is 0. The SMILES string of the molecule is CSc1ncc(C2(N)CC2)nn1. The van der Waals surface area contributed by atoms with E-state index in [0.29, 0.717) is 5.16 Å². The van der Waals surface area contributed by atoms with Crippen molar-refractivity contribution in [2.24, 2.45) is 5.73 Å². The molecule has 0 radical (unpaired) electrons. The normalized spacial score (nSPS) is 19.2. The van der Waals surface area contributed by atoms with Gasteiger partial charge >= 0.3 is 0 Å². The first-order valence-corrected chi connectivity index (χ1v) is 5.00. The molecule has 64 valence electrons. The third kappa shape index (κ3) is 1.30. The highest BCUT2D eigenvalue weighted by Gasteiger charge is 2.42. The largest absolute Gasteiger partial charge is 0.320 e. The molecule has 1 saturated carbocycles. The number of hydrogen-bond donors (Lipinski definition) is 1. The lowest BCUT2D eigenvalue weighted by Gasteiger charge is -2.04. The second-order valence-corrected chi connectivity index (χ2v) is 3.76. The van der Waals surface area contributed by atoms with Crippen LogP contribution in [0.1, 0.15) is 18.5 Å². The highest BCUT2D eigenvalue weighted by Crippen LogP contribution is 2.40. The minimum atomic E-state index is -0.211. The molecular formula is C7H10N4S. The lowest BCUT2D eigenvalue weighted by Crippen LogP contribution is -2.21. The van der Waals surface area contributed by atoms with Gasteiger partial charge in [-0.25, -0.2) is 4.98 Å². The molecule has 1 heterocycles. The summed E-state index contributed by atoms with van der Waals surface area (Å²) in [5.74, 6) is 0. The van der Waals surface area contributed by atoms with Gasteiger partial charge in [0.05, 0.1) is 11.7 Å². The first-order valence-electron chi connectivity index (χ1n) is 3.78. The number of nitrogens with zero attached hydrogens (tertiary/aromatic N) is 3. The van der Waals surface area contributed by atoms with Gasteiger partial charge in [-0.15, -0.1) is 10.2 Å². The van der Waals surface area contributed by atoms with Crippen molar-refractivity contribution in [1.29, 1.82) is 0 Å². The average molecular weight is 182 g/mol. The van der Waals surface area contributed by atoms with E-state index in [1.54, 1.807) is 6.20 Å². The number of rotatable bonds is 2. The lowest BCUT2D eigenvalue weighted by atomic mass is 10.2. The maximum Gasteiger partial charge on any atom is 0.208 e. The van der Waals surface area contributed by atoms with Crippen LogP contribution in [-0.4, -0.2) is 21.4 Å². The van der Waals surface area contributed by atoms with Gasteiger partial charge in [0.15, 0.2) is 0 Å². The van der Waals surface area contributed by atoms with Crippen molar-refractivity contribution in [3.05, 3.63) is 11.9 Å². The summed E-state index contributed by atoms with van der Waals surface area (Å²) in [5.41, 5.74) is 6.52. The Morgan fingerprint density at radius 3 is 2.67 bits per heavy atom. The highest BCUT2D eigenvalue weighted by atomic mass is 32.2. The zero-order valence-corrected chi connectivity index (χ0v) is 7.64. The van der Waals surface area contributed by atoms with Crippen LogP contribution >= 0.6 is 11.8 Å². The van der Waals surface area contributed by atoms with Crippen LogP contribution in [0.25, 0.3) is 0 Å². The third-order valence-corrected chi connectivity index (χ3v) is 2.57. The van der Waals surface area contributed by atoms with Crippen LogP contribution in [-0.2, 0) is 5.54 Å². The fourth-order valence-corrected chi connectivity index (χ4v) is 1.26. The Bertz CT molecular complexity index is 280. The van der Waals surface area contributed by atoms with Crippen LogP contribution in [0.2, 0.25) is 0 Å². The van der Waals surface area contributed by atoms with E-state index in [4.69, 9.17) is 5.73 Å². The van der Waals surface area contributed by atoms with E-state index >= 15 is 0 Å². The van der Waals surface area contributed by atoms with Gasteiger partial charge in [-0.2, -0.15) is 0 Å². The van der Waals surface area contributed by atoms with Gasteiger partial charge in [-0.1, -0.05) is 11.8 Å². The number of aromatic nitrogens is 3. The van der Waals surface area contributed by atoms with Crippen LogP contribution in [0.15, 0.2) is 11.4 Å².